The van der Waals surface area contributed by atoms with Gasteiger partial charge < -0.3 is 15.0 Å². The first-order chi connectivity index (χ1) is 16.6. The molecule has 1 saturated carbocycles. The van der Waals surface area contributed by atoms with Gasteiger partial charge in [-0.3, -0.25) is 0 Å². The van der Waals surface area contributed by atoms with Gasteiger partial charge in [0, 0.05) is 24.9 Å². The van der Waals surface area contributed by atoms with Gasteiger partial charge in [0.15, 0.2) is 5.75 Å². The number of fused-ring (bicyclic) bond motifs is 4. The number of hydrogen-bond acceptors (Lipinski definition) is 7. The van der Waals surface area contributed by atoms with Crippen LogP contribution in [-0.2, 0) is 0 Å². The highest BCUT2D eigenvalue weighted by atomic mass is 19.1. The van der Waals surface area contributed by atoms with Gasteiger partial charge in [-0.15, -0.1) is 10.2 Å². The average Bonchev–Trinajstić information content (AvgIpc) is 3.28. The molecule has 1 aliphatic heterocycles. The van der Waals surface area contributed by atoms with Crippen molar-refractivity contribution in [1.82, 2.24) is 24.8 Å². The second-order valence-corrected chi connectivity index (χ2v) is 9.54. The van der Waals surface area contributed by atoms with Gasteiger partial charge in [-0.1, -0.05) is 31.5 Å². The van der Waals surface area contributed by atoms with Crippen molar-refractivity contribution < 1.29 is 9.13 Å². The van der Waals surface area contributed by atoms with E-state index in [-0.39, 0.29) is 5.92 Å². The Hall–Kier alpha value is -3.49. The third kappa shape index (κ3) is 3.59. The summed E-state index contributed by atoms with van der Waals surface area (Å²) in [6.45, 7) is 4.13. The molecule has 1 aromatic carbocycles. The number of ether oxygens (including phenoxy) is 1. The number of nitrogens with zero attached hydrogens (tertiary/aromatic N) is 6. The van der Waals surface area contributed by atoms with Crippen LogP contribution in [0.1, 0.15) is 26.2 Å². The maximum absolute atomic E-state index is 14.6. The van der Waals surface area contributed by atoms with Crippen LogP contribution in [-0.4, -0.2) is 57.7 Å². The first-order valence-corrected chi connectivity index (χ1v) is 11.9. The second kappa shape index (κ2) is 8.38. The van der Waals surface area contributed by atoms with Crippen molar-refractivity contribution in [3.05, 3.63) is 36.5 Å². The van der Waals surface area contributed by atoms with E-state index in [2.05, 4.69) is 32.4 Å². The monoisotopic (exact) mass is 461 g/mol. The van der Waals surface area contributed by atoms with Crippen LogP contribution in [0.25, 0.3) is 28.1 Å². The summed E-state index contributed by atoms with van der Waals surface area (Å²) in [6.07, 6.45) is 3.68. The van der Waals surface area contributed by atoms with Crippen molar-refractivity contribution in [2.45, 2.75) is 32.4 Å². The fraction of sp³-hybridized carbons (Fsp3) is 0.440. The SMILES string of the molecule is CC1CCC(CNc2cccc3ccc(-c4nnc5c6c(cnn45)N(C)CCO6)nc23)C(F)C1. The summed E-state index contributed by atoms with van der Waals surface area (Å²) < 4.78 is 22.1. The molecule has 1 fully saturated rings. The third-order valence-electron chi connectivity index (χ3n) is 7.13. The largest absolute Gasteiger partial charge is 0.486 e. The van der Waals surface area contributed by atoms with Crippen molar-refractivity contribution in [3.63, 3.8) is 0 Å². The van der Waals surface area contributed by atoms with Gasteiger partial charge in [0.1, 0.15) is 24.2 Å². The lowest BCUT2D eigenvalue weighted by atomic mass is 9.81. The normalized spacial score (nSPS) is 22.6. The van der Waals surface area contributed by atoms with Crippen LogP contribution < -0.4 is 15.0 Å². The summed E-state index contributed by atoms with van der Waals surface area (Å²) in [4.78, 5) is 7.02. The summed E-state index contributed by atoms with van der Waals surface area (Å²) >= 11 is 0. The Morgan fingerprint density at radius 1 is 1.18 bits per heavy atom. The first kappa shape index (κ1) is 21.1. The number of hydrogen-bond donors (Lipinski definition) is 1. The number of alkyl halides is 1. The van der Waals surface area contributed by atoms with E-state index >= 15 is 0 Å². The predicted molar refractivity (Wildman–Crippen MR) is 130 cm³/mol. The third-order valence-corrected chi connectivity index (χ3v) is 7.13. The molecule has 9 heteroatoms. The highest BCUT2D eigenvalue weighted by Gasteiger charge is 2.28. The van der Waals surface area contributed by atoms with Gasteiger partial charge >= 0.3 is 0 Å². The van der Waals surface area contributed by atoms with Crippen molar-refractivity contribution in [1.29, 1.82) is 0 Å². The molecular formula is C25H28FN7O. The van der Waals surface area contributed by atoms with Gasteiger partial charge in [-0.05, 0) is 30.9 Å². The van der Waals surface area contributed by atoms with Crippen molar-refractivity contribution in [3.8, 4) is 17.3 Å². The summed E-state index contributed by atoms with van der Waals surface area (Å²) in [5.74, 6) is 1.74. The topological polar surface area (TPSA) is 80.5 Å². The van der Waals surface area contributed by atoms with Crippen LogP contribution in [0.4, 0.5) is 15.8 Å². The molecular weight excluding hydrogens is 433 g/mol. The number of halogens is 1. The Bertz CT molecular complexity index is 1360. The molecule has 6 rings (SSSR count). The van der Waals surface area contributed by atoms with Crippen LogP contribution in [0, 0.1) is 11.8 Å². The molecule has 34 heavy (non-hydrogen) atoms. The molecule has 0 saturated heterocycles. The van der Waals surface area contributed by atoms with Crippen molar-refractivity contribution in [2.75, 3.05) is 37.0 Å². The van der Waals surface area contributed by atoms with E-state index in [0.29, 0.717) is 48.4 Å². The fourth-order valence-electron chi connectivity index (χ4n) is 5.05. The lowest BCUT2D eigenvalue weighted by molar-refractivity contribution is 0.140. The maximum Gasteiger partial charge on any atom is 0.222 e. The van der Waals surface area contributed by atoms with E-state index in [0.717, 1.165) is 41.7 Å². The molecule has 1 N–H and O–H groups in total. The number of benzene rings is 1. The van der Waals surface area contributed by atoms with Gasteiger partial charge in [0.05, 0.1) is 23.9 Å². The number of aromatic nitrogens is 5. The molecule has 3 atom stereocenters. The molecule has 4 aromatic rings. The molecule has 0 radical (unpaired) electrons. The molecule has 0 bridgehead atoms. The zero-order valence-electron chi connectivity index (χ0n) is 19.4. The number of para-hydroxylation sites is 1. The Labute approximate surface area is 197 Å². The minimum atomic E-state index is -0.754. The molecule has 176 valence electrons. The van der Waals surface area contributed by atoms with Gasteiger partial charge in [0.25, 0.3) is 0 Å². The molecule has 3 aromatic heterocycles. The van der Waals surface area contributed by atoms with Crippen molar-refractivity contribution in [2.24, 2.45) is 11.8 Å². The van der Waals surface area contributed by atoms with Gasteiger partial charge in [0.2, 0.25) is 11.5 Å². The number of anilines is 2. The zero-order chi connectivity index (χ0) is 23.2. The lowest BCUT2D eigenvalue weighted by Gasteiger charge is -2.30. The molecule has 0 spiro atoms. The fourth-order valence-corrected chi connectivity index (χ4v) is 5.05. The van der Waals surface area contributed by atoms with Crippen LogP contribution in [0.15, 0.2) is 36.5 Å². The Kier molecular flexibility index (Phi) is 5.19. The predicted octanol–water partition coefficient (Wildman–Crippen LogP) is 4.35. The van der Waals surface area contributed by atoms with Crippen molar-refractivity contribution >= 4 is 27.9 Å². The lowest BCUT2D eigenvalue weighted by Crippen LogP contribution is -2.30. The minimum absolute atomic E-state index is 0.0311. The van der Waals surface area contributed by atoms with E-state index in [1.165, 1.54) is 0 Å². The summed E-state index contributed by atoms with van der Waals surface area (Å²) in [6, 6.07) is 9.97. The number of likely N-dealkylation sites (N-methyl/N-ethyl adjacent to an activating group) is 1. The quantitative estimate of drug-likeness (QED) is 0.484. The molecule has 0 amide bonds. The second-order valence-electron chi connectivity index (χ2n) is 9.54. The molecule has 1 aliphatic carbocycles. The first-order valence-electron chi connectivity index (χ1n) is 11.9. The van der Waals surface area contributed by atoms with Crippen LogP contribution in [0.2, 0.25) is 0 Å². The van der Waals surface area contributed by atoms with E-state index in [1.807, 2.05) is 37.4 Å². The summed E-state index contributed by atoms with van der Waals surface area (Å²) in [5, 5.41) is 17.8. The van der Waals surface area contributed by atoms with Gasteiger partial charge in [-0.25, -0.2) is 9.37 Å². The summed E-state index contributed by atoms with van der Waals surface area (Å²) in [5.41, 5.74) is 3.87. The number of pyridine rings is 1. The summed E-state index contributed by atoms with van der Waals surface area (Å²) in [7, 11) is 2.01. The Morgan fingerprint density at radius 2 is 2.09 bits per heavy atom. The van der Waals surface area contributed by atoms with E-state index in [9.17, 15) is 4.39 Å². The van der Waals surface area contributed by atoms with E-state index in [4.69, 9.17) is 9.72 Å². The van der Waals surface area contributed by atoms with E-state index in [1.54, 1.807) is 10.7 Å². The van der Waals surface area contributed by atoms with Gasteiger partial charge in [-0.2, -0.15) is 9.61 Å². The highest BCUT2D eigenvalue weighted by Crippen LogP contribution is 2.35. The molecule has 4 heterocycles. The molecule has 3 unspecified atom stereocenters. The Balaban J connectivity index is 1.34. The van der Waals surface area contributed by atoms with E-state index < -0.39 is 6.17 Å². The average molecular weight is 462 g/mol. The molecule has 8 nitrogen and oxygen atoms in total. The highest BCUT2D eigenvalue weighted by molar-refractivity contribution is 5.91. The smallest absolute Gasteiger partial charge is 0.222 e. The van der Waals surface area contributed by atoms with Crippen LogP contribution >= 0.6 is 0 Å². The van der Waals surface area contributed by atoms with Crippen LogP contribution in [0.3, 0.4) is 0 Å². The zero-order valence-corrected chi connectivity index (χ0v) is 19.4. The minimum Gasteiger partial charge on any atom is -0.486 e. The molecule has 2 aliphatic rings. The standard InChI is InChI=1S/C25H28FN7O/c1-15-6-7-17(18(26)12-15)13-27-19-5-3-4-16-8-9-20(29-22(16)19)24-30-31-25-23-21(14-28-33(24)25)32(2)10-11-34-23/h3-5,8-9,14-15,17-18,27H,6-7,10-13H2,1-2H3. The number of nitrogens with one attached hydrogen (secondary N) is 1. The maximum atomic E-state index is 14.6. The number of rotatable bonds is 4. The van der Waals surface area contributed by atoms with Crippen LogP contribution in [0.5, 0.6) is 5.75 Å². The Morgan fingerprint density at radius 3 is 2.97 bits per heavy atom.